The van der Waals surface area contributed by atoms with Gasteiger partial charge in [0.2, 0.25) is 0 Å². The molecular formula is C19H18F3NOS. The molecule has 0 radical (unpaired) electrons. The molecule has 0 bridgehead atoms. The predicted octanol–water partition coefficient (Wildman–Crippen LogP) is 4.79. The number of carbonyl (C=O) groups excluding carboxylic acids is 1. The monoisotopic (exact) mass is 365 g/mol. The summed E-state index contributed by atoms with van der Waals surface area (Å²) < 4.78 is 41.9. The van der Waals surface area contributed by atoms with Gasteiger partial charge in [0.1, 0.15) is 0 Å². The van der Waals surface area contributed by atoms with Crippen molar-refractivity contribution in [3.05, 3.63) is 46.4 Å². The van der Waals surface area contributed by atoms with E-state index in [1.54, 1.807) is 11.8 Å². The first-order valence-electron chi connectivity index (χ1n) is 8.41. The van der Waals surface area contributed by atoms with E-state index in [1.807, 2.05) is 13.8 Å². The Morgan fingerprint density at radius 2 is 1.92 bits per heavy atom. The Labute approximate surface area is 148 Å². The summed E-state index contributed by atoms with van der Waals surface area (Å²) in [6, 6.07) is 2.22. The van der Waals surface area contributed by atoms with Crippen molar-refractivity contribution < 1.29 is 18.0 Å². The zero-order valence-electron chi connectivity index (χ0n) is 14.0. The zero-order valence-corrected chi connectivity index (χ0v) is 14.9. The van der Waals surface area contributed by atoms with Gasteiger partial charge < -0.3 is 0 Å². The van der Waals surface area contributed by atoms with Gasteiger partial charge in [-0.3, -0.25) is 9.79 Å². The first-order valence-corrected chi connectivity index (χ1v) is 9.46. The van der Waals surface area contributed by atoms with Crippen LogP contribution >= 0.6 is 11.8 Å². The lowest BCUT2D eigenvalue weighted by molar-refractivity contribution is -0.124. The molecule has 2 aliphatic heterocycles. The zero-order chi connectivity index (χ0) is 17.9. The number of ketones is 1. The van der Waals surface area contributed by atoms with Crippen LogP contribution in [0.15, 0.2) is 28.4 Å². The van der Waals surface area contributed by atoms with Crippen molar-refractivity contribution in [3.63, 3.8) is 0 Å². The maximum Gasteiger partial charge on any atom is 0.194 e. The molecule has 2 unspecified atom stereocenters. The van der Waals surface area contributed by atoms with Gasteiger partial charge in [-0.15, -0.1) is 0 Å². The van der Waals surface area contributed by atoms with Gasteiger partial charge in [0.25, 0.3) is 0 Å². The van der Waals surface area contributed by atoms with Gasteiger partial charge in [0.05, 0.1) is 5.25 Å². The van der Waals surface area contributed by atoms with E-state index in [2.05, 4.69) is 0 Å². The number of carbonyl (C=O) groups is 1. The van der Waals surface area contributed by atoms with Gasteiger partial charge in [-0.05, 0) is 31.1 Å². The molecule has 4 rings (SSSR count). The van der Waals surface area contributed by atoms with Crippen molar-refractivity contribution in [2.45, 2.75) is 44.3 Å². The number of halogens is 3. The minimum atomic E-state index is -1.48. The normalized spacial score (nSPS) is 27.9. The van der Waals surface area contributed by atoms with Crippen LogP contribution in [-0.4, -0.2) is 22.5 Å². The van der Waals surface area contributed by atoms with Crippen LogP contribution in [0.5, 0.6) is 0 Å². The minimum Gasteiger partial charge on any atom is -0.294 e. The van der Waals surface area contributed by atoms with E-state index in [9.17, 15) is 18.0 Å². The van der Waals surface area contributed by atoms with Crippen LogP contribution in [0.4, 0.5) is 13.2 Å². The second kappa shape index (κ2) is 5.73. The third-order valence-corrected chi connectivity index (χ3v) is 6.78. The Bertz CT molecular complexity index is 843. The Morgan fingerprint density at radius 3 is 2.68 bits per heavy atom. The first kappa shape index (κ1) is 16.9. The molecule has 6 heteroatoms. The number of allylic oxidation sites excluding steroid dienone is 2. The molecule has 0 N–H and O–H groups in total. The summed E-state index contributed by atoms with van der Waals surface area (Å²) in [5.41, 5.74) is 1.63. The second-order valence-electron chi connectivity index (χ2n) is 7.46. The van der Waals surface area contributed by atoms with E-state index in [4.69, 9.17) is 4.99 Å². The quantitative estimate of drug-likeness (QED) is 0.670. The molecule has 1 fully saturated rings. The largest absolute Gasteiger partial charge is 0.294 e. The number of Topliss-reactive ketones (excluding diaryl/α,β-unsaturated/α-hetero) is 1. The van der Waals surface area contributed by atoms with Crippen molar-refractivity contribution in [1.82, 2.24) is 0 Å². The molecule has 3 aliphatic rings. The highest BCUT2D eigenvalue weighted by molar-refractivity contribution is 8.01. The van der Waals surface area contributed by atoms with Crippen LogP contribution in [0.1, 0.15) is 44.6 Å². The second-order valence-corrected chi connectivity index (χ2v) is 8.71. The topological polar surface area (TPSA) is 29.4 Å². The number of thioether (sulfide) groups is 1. The smallest absolute Gasteiger partial charge is 0.194 e. The number of benzene rings is 1. The van der Waals surface area contributed by atoms with Crippen molar-refractivity contribution in [2.24, 2.45) is 10.4 Å². The van der Waals surface area contributed by atoms with Gasteiger partial charge in [0, 0.05) is 33.9 Å². The molecule has 0 aromatic heterocycles. The fourth-order valence-electron chi connectivity index (χ4n) is 3.97. The molecule has 0 saturated carbocycles. The minimum absolute atomic E-state index is 0.0572. The van der Waals surface area contributed by atoms with E-state index < -0.39 is 28.8 Å². The molecule has 2 heterocycles. The molecule has 1 saturated heterocycles. The number of hydrogen-bond donors (Lipinski definition) is 0. The van der Waals surface area contributed by atoms with Gasteiger partial charge in [-0.1, -0.05) is 19.9 Å². The summed E-state index contributed by atoms with van der Waals surface area (Å²) in [5.74, 6) is -3.70. The van der Waals surface area contributed by atoms with Crippen molar-refractivity contribution in [1.29, 1.82) is 0 Å². The summed E-state index contributed by atoms with van der Waals surface area (Å²) in [6.07, 6.45) is 2.12. The maximum absolute atomic E-state index is 14.6. The maximum atomic E-state index is 14.6. The average Bonchev–Trinajstić information content (AvgIpc) is 3.03. The van der Waals surface area contributed by atoms with Crippen molar-refractivity contribution in [2.75, 3.05) is 5.75 Å². The fraction of sp³-hybridized carbons (Fsp3) is 0.474. The predicted molar refractivity (Wildman–Crippen MR) is 92.4 cm³/mol. The van der Waals surface area contributed by atoms with Gasteiger partial charge in [0.15, 0.2) is 23.2 Å². The lowest BCUT2D eigenvalue weighted by Crippen LogP contribution is -2.39. The number of aliphatic imine (C=N–C) groups is 1. The summed E-state index contributed by atoms with van der Waals surface area (Å²) in [6.45, 7) is 3.75. The highest BCUT2D eigenvalue weighted by atomic mass is 32.2. The Balaban J connectivity index is 1.93. The van der Waals surface area contributed by atoms with Gasteiger partial charge in [-0.25, -0.2) is 13.2 Å². The Kier molecular flexibility index (Phi) is 3.87. The van der Waals surface area contributed by atoms with Gasteiger partial charge in [-0.2, -0.15) is 11.8 Å². The van der Waals surface area contributed by atoms with E-state index in [0.717, 1.165) is 24.0 Å². The summed E-state index contributed by atoms with van der Waals surface area (Å²) in [5, 5.41) is -0.184. The van der Waals surface area contributed by atoms with Crippen LogP contribution in [0.2, 0.25) is 0 Å². The van der Waals surface area contributed by atoms with Crippen LogP contribution in [0.25, 0.3) is 0 Å². The molecule has 2 nitrogen and oxygen atoms in total. The van der Waals surface area contributed by atoms with E-state index in [-0.39, 0.29) is 16.6 Å². The highest BCUT2D eigenvalue weighted by Gasteiger charge is 2.47. The summed E-state index contributed by atoms with van der Waals surface area (Å²) in [4.78, 5) is 17.8. The Morgan fingerprint density at radius 1 is 1.16 bits per heavy atom. The van der Waals surface area contributed by atoms with Crippen LogP contribution in [0, 0.1) is 22.9 Å². The van der Waals surface area contributed by atoms with Crippen LogP contribution < -0.4 is 0 Å². The van der Waals surface area contributed by atoms with Crippen molar-refractivity contribution in [3.8, 4) is 0 Å². The van der Waals surface area contributed by atoms with E-state index in [0.29, 0.717) is 24.1 Å². The summed E-state index contributed by atoms with van der Waals surface area (Å²) >= 11 is 1.61. The standard InChI is InChI=1S/C19H18F3NOS/c1-19(2)7-5-11-14(18(19)24)13(17-12(23-11)6-8-25-17)9-3-4-10(20)16(22)15(9)21/h3-4,13,17H,5-8H2,1-2H3. The van der Waals surface area contributed by atoms with E-state index in [1.165, 1.54) is 6.07 Å². The molecular weight excluding hydrogens is 347 g/mol. The number of rotatable bonds is 1. The van der Waals surface area contributed by atoms with Crippen molar-refractivity contribution >= 4 is 23.3 Å². The third-order valence-electron chi connectivity index (χ3n) is 5.43. The number of hydrogen-bond acceptors (Lipinski definition) is 3. The summed E-state index contributed by atoms with van der Waals surface area (Å²) in [7, 11) is 0. The third kappa shape index (κ3) is 2.48. The molecule has 1 aromatic rings. The van der Waals surface area contributed by atoms with Crippen LogP contribution in [0.3, 0.4) is 0 Å². The Hall–Kier alpha value is -1.56. The first-order chi connectivity index (χ1) is 11.8. The molecule has 1 aromatic carbocycles. The molecule has 132 valence electrons. The number of fused-ring (bicyclic) bond motifs is 1. The molecule has 0 spiro atoms. The van der Waals surface area contributed by atoms with E-state index >= 15 is 0 Å². The SMILES string of the molecule is CC1(C)CCC2=C(C1=O)C(c1ccc(F)c(F)c1F)C1SCCC1=N2. The molecule has 1 aliphatic carbocycles. The number of nitrogens with zero attached hydrogens (tertiary/aromatic N) is 1. The fourth-order valence-corrected chi connectivity index (χ4v) is 5.39. The van der Waals surface area contributed by atoms with Gasteiger partial charge >= 0.3 is 0 Å². The average molecular weight is 365 g/mol. The molecule has 25 heavy (non-hydrogen) atoms. The lowest BCUT2D eigenvalue weighted by Gasteiger charge is -2.38. The molecule has 2 atom stereocenters. The van der Waals surface area contributed by atoms with Crippen LogP contribution in [-0.2, 0) is 4.79 Å². The lowest BCUT2D eigenvalue weighted by atomic mass is 9.68. The molecule has 0 amide bonds. The highest BCUT2D eigenvalue weighted by Crippen LogP contribution is 2.51.